The second-order valence-corrected chi connectivity index (χ2v) is 5.62. The first-order valence-corrected chi connectivity index (χ1v) is 7.30. The third-order valence-corrected chi connectivity index (χ3v) is 4.54. The average molecular weight is 248 g/mol. The molecule has 3 rings (SSSR count). The molecule has 2 aliphatic rings. The third kappa shape index (κ3) is 2.45. The number of nitrogens with zero attached hydrogens (tertiary/aromatic N) is 3. The summed E-state index contributed by atoms with van der Waals surface area (Å²) < 4.78 is 2.22. The number of rotatable bonds is 4. The van der Waals surface area contributed by atoms with E-state index in [0.717, 1.165) is 25.0 Å². The van der Waals surface area contributed by atoms with Crippen LogP contribution >= 0.6 is 0 Å². The van der Waals surface area contributed by atoms with Gasteiger partial charge in [0.1, 0.15) is 5.82 Å². The SMILES string of the molecule is Cc1nccn1CCNC1CCN2CCCCC12. The van der Waals surface area contributed by atoms with E-state index in [0.29, 0.717) is 6.04 Å². The Morgan fingerprint density at radius 2 is 2.28 bits per heavy atom. The second kappa shape index (κ2) is 5.41. The van der Waals surface area contributed by atoms with Gasteiger partial charge in [-0.25, -0.2) is 4.98 Å². The molecule has 18 heavy (non-hydrogen) atoms. The van der Waals surface area contributed by atoms with Crippen molar-refractivity contribution >= 4 is 0 Å². The van der Waals surface area contributed by atoms with Gasteiger partial charge in [-0.15, -0.1) is 0 Å². The minimum absolute atomic E-state index is 0.717. The molecule has 2 fully saturated rings. The van der Waals surface area contributed by atoms with Crippen molar-refractivity contribution in [1.82, 2.24) is 19.8 Å². The van der Waals surface area contributed by atoms with Crippen LogP contribution in [0.4, 0.5) is 0 Å². The molecule has 1 aromatic rings. The summed E-state index contributed by atoms with van der Waals surface area (Å²) in [5, 5.41) is 3.76. The molecule has 0 amide bonds. The normalized spacial score (nSPS) is 28.5. The Labute approximate surface area is 109 Å². The molecular formula is C14H24N4. The Kier molecular flexibility index (Phi) is 3.66. The van der Waals surface area contributed by atoms with Crippen LogP contribution in [-0.2, 0) is 6.54 Å². The monoisotopic (exact) mass is 248 g/mol. The minimum Gasteiger partial charge on any atom is -0.334 e. The van der Waals surface area contributed by atoms with Crippen molar-refractivity contribution in [3.63, 3.8) is 0 Å². The van der Waals surface area contributed by atoms with E-state index in [-0.39, 0.29) is 0 Å². The van der Waals surface area contributed by atoms with Crippen molar-refractivity contribution in [2.24, 2.45) is 0 Å². The molecule has 0 spiro atoms. The fraction of sp³-hybridized carbons (Fsp3) is 0.786. The molecule has 4 nitrogen and oxygen atoms in total. The molecule has 0 radical (unpaired) electrons. The zero-order chi connectivity index (χ0) is 12.4. The molecule has 0 aromatic carbocycles. The highest BCUT2D eigenvalue weighted by Crippen LogP contribution is 2.26. The minimum atomic E-state index is 0.717. The Hall–Kier alpha value is -0.870. The summed E-state index contributed by atoms with van der Waals surface area (Å²) >= 11 is 0. The van der Waals surface area contributed by atoms with Crippen molar-refractivity contribution in [3.8, 4) is 0 Å². The average Bonchev–Trinajstić information content (AvgIpc) is 2.97. The third-order valence-electron chi connectivity index (χ3n) is 4.54. The summed E-state index contributed by atoms with van der Waals surface area (Å²) in [6.07, 6.45) is 9.49. The number of fused-ring (bicyclic) bond motifs is 1. The Morgan fingerprint density at radius 3 is 3.11 bits per heavy atom. The second-order valence-electron chi connectivity index (χ2n) is 5.62. The van der Waals surface area contributed by atoms with Crippen LogP contribution in [0.5, 0.6) is 0 Å². The van der Waals surface area contributed by atoms with E-state index < -0.39 is 0 Å². The molecule has 100 valence electrons. The van der Waals surface area contributed by atoms with E-state index in [1.54, 1.807) is 0 Å². The number of nitrogens with one attached hydrogen (secondary N) is 1. The molecule has 0 saturated carbocycles. The summed E-state index contributed by atoms with van der Waals surface area (Å²) in [6.45, 7) is 6.79. The van der Waals surface area contributed by atoms with Gasteiger partial charge in [0.05, 0.1) is 0 Å². The van der Waals surface area contributed by atoms with Gasteiger partial charge in [-0.1, -0.05) is 6.42 Å². The summed E-state index contributed by atoms with van der Waals surface area (Å²) in [5.74, 6) is 1.11. The lowest BCUT2D eigenvalue weighted by Crippen LogP contribution is -2.45. The number of aromatic nitrogens is 2. The highest BCUT2D eigenvalue weighted by molar-refractivity contribution is 4.94. The van der Waals surface area contributed by atoms with Gasteiger partial charge in [-0.2, -0.15) is 0 Å². The number of imidazole rings is 1. The van der Waals surface area contributed by atoms with E-state index in [9.17, 15) is 0 Å². The van der Waals surface area contributed by atoms with E-state index in [2.05, 4.69) is 32.9 Å². The van der Waals surface area contributed by atoms with Crippen LogP contribution in [-0.4, -0.2) is 46.2 Å². The zero-order valence-electron chi connectivity index (χ0n) is 11.3. The Balaban J connectivity index is 1.47. The quantitative estimate of drug-likeness (QED) is 0.874. The van der Waals surface area contributed by atoms with Gasteiger partial charge in [0.25, 0.3) is 0 Å². The fourth-order valence-electron chi connectivity index (χ4n) is 3.50. The molecule has 1 N–H and O–H groups in total. The molecule has 0 bridgehead atoms. The molecular weight excluding hydrogens is 224 g/mol. The van der Waals surface area contributed by atoms with Crippen molar-refractivity contribution < 1.29 is 0 Å². The topological polar surface area (TPSA) is 33.1 Å². The highest BCUT2D eigenvalue weighted by atomic mass is 15.2. The van der Waals surface area contributed by atoms with Gasteiger partial charge in [0, 0.05) is 44.1 Å². The maximum Gasteiger partial charge on any atom is 0.105 e. The standard InChI is InChI=1S/C14H24N4/c1-12-15-6-10-17(12)11-7-16-13-5-9-18-8-3-2-4-14(13)18/h6,10,13-14,16H,2-5,7-9,11H2,1H3. The molecule has 2 atom stereocenters. The van der Waals surface area contributed by atoms with Crippen LogP contribution in [0, 0.1) is 6.92 Å². The van der Waals surface area contributed by atoms with E-state index in [4.69, 9.17) is 0 Å². The van der Waals surface area contributed by atoms with Crippen LogP contribution < -0.4 is 5.32 Å². The van der Waals surface area contributed by atoms with Gasteiger partial charge < -0.3 is 9.88 Å². The Bertz CT molecular complexity index is 387. The van der Waals surface area contributed by atoms with Gasteiger partial charge in [-0.05, 0) is 32.7 Å². The van der Waals surface area contributed by atoms with Crippen LogP contribution in [0.15, 0.2) is 12.4 Å². The number of piperidine rings is 1. The summed E-state index contributed by atoms with van der Waals surface area (Å²) in [5.41, 5.74) is 0. The predicted molar refractivity (Wildman–Crippen MR) is 72.6 cm³/mol. The summed E-state index contributed by atoms with van der Waals surface area (Å²) in [6, 6.07) is 1.52. The maximum absolute atomic E-state index is 4.26. The molecule has 1 aromatic heterocycles. The first-order valence-electron chi connectivity index (χ1n) is 7.30. The predicted octanol–water partition coefficient (Wildman–Crippen LogP) is 1.41. The molecule has 2 aliphatic heterocycles. The maximum atomic E-state index is 4.26. The van der Waals surface area contributed by atoms with Crippen molar-refractivity contribution in [2.45, 2.75) is 51.2 Å². The lowest BCUT2D eigenvalue weighted by Gasteiger charge is -2.32. The molecule has 4 heteroatoms. The number of hydrogen-bond donors (Lipinski definition) is 1. The van der Waals surface area contributed by atoms with Gasteiger partial charge in [-0.3, -0.25) is 4.90 Å². The van der Waals surface area contributed by atoms with Crippen LogP contribution in [0.25, 0.3) is 0 Å². The number of hydrogen-bond acceptors (Lipinski definition) is 3. The van der Waals surface area contributed by atoms with Gasteiger partial charge in [0.2, 0.25) is 0 Å². The summed E-state index contributed by atoms with van der Waals surface area (Å²) in [4.78, 5) is 6.94. The summed E-state index contributed by atoms with van der Waals surface area (Å²) in [7, 11) is 0. The Morgan fingerprint density at radius 1 is 1.33 bits per heavy atom. The molecule has 2 unspecified atom stereocenters. The lowest BCUT2D eigenvalue weighted by atomic mass is 9.99. The van der Waals surface area contributed by atoms with Crippen LogP contribution in [0.2, 0.25) is 0 Å². The van der Waals surface area contributed by atoms with Crippen molar-refractivity contribution in [1.29, 1.82) is 0 Å². The lowest BCUT2D eigenvalue weighted by molar-refractivity contribution is 0.180. The highest BCUT2D eigenvalue weighted by Gasteiger charge is 2.34. The van der Waals surface area contributed by atoms with Crippen LogP contribution in [0.1, 0.15) is 31.5 Å². The van der Waals surface area contributed by atoms with Crippen molar-refractivity contribution in [2.75, 3.05) is 19.6 Å². The smallest absolute Gasteiger partial charge is 0.105 e. The largest absolute Gasteiger partial charge is 0.334 e. The van der Waals surface area contributed by atoms with Crippen LogP contribution in [0.3, 0.4) is 0 Å². The fourth-order valence-corrected chi connectivity index (χ4v) is 3.50. The first kappa shape index (κ1) is 12.2. The molecule has 2 saturated heterocycles. The molecule has 3 heterocycles. The van der Waals surface area contributed by atoms with Gasteiger partial charge >= 0.3 is 0 Å². The van der Waals surface area contributed by atoms with E-state index in [1.807, 2.05) is 6.20 Å². The van der Waals surface area contributed by atoms with Crippen molar-refractivity contribution in [3.05, 3.63) is 18.2 Å². The number of aryl methyl sites for hydroxylation is 1. The first-order chi connectivity index (χ1) is 8.84. The zero-order valence-corrected chi connectivity index (χ0v) is 11.3. The van der Waals surface area contributed by atoms with E-state index >= 15 is 0 Å². The van der Waals surface area contributed by atoms with Gasteiger partial charge in [0.15, 0.2) is 0 Å². The van der Waals surface area contributed by atoms with E-state index in [1.165, 1.54) is 38.8 Å². The molecule has 0 aliphatic carbocycles.